The lowest BCUT2D eigenvalue weighted by molar-refractivity contribution is 0.0526. The van der Waals surface area contributed by atoms with Gasteiger partial charge in [-0.1, -0.05) is 11.6 Å². The summed E-state index contributed by atoms with van der Waals surface area (Å²) in [7, 11) is 0. The van der Waals surface area contributed by atoms with E-state index in [0.29, 0.717) is 16.3 Å². The van der Waals surface area contributed by atoms with Gasteiger partial charge in [-0.3, -0.25) is 9.59 Å². The molecule has 8 nitrogen and oxygen atoms in total. The number of ether oxygens (including phenoxy) is 1. The van der Waals surface area contributed by atoms with Crippen molar-refractivity contribution in [3.05, 3.63) is 91.7 Å². The number of carbonyl (C=O) groups is 2. The minimum atomic E-state index is -0.781. The number of anilines is 1. The lowest BCUT2D eigenvalue weighted by Crippen LogP contribution is -2.38. The van der Waals surface area contributed by atoms with Gasteiger partial charge in [0.2, 0.25) is 0 Å². The highest BCUT2D eigenvalue weighted by atomic mass is 35.5. The summed E-state index contributed by atoms with van der Waals surface area (Å²) in [5.41, 5.74) is -0.752. The molecule has 0 aliphatic carbocycles. The topological polar surface area (TPSA) is 110 Å². The van der Waals surface area contributed by atoms with Crippen LogP contribution in [0.2, 0.25) is 5.02 Å². The zero-order valence-electron chi connectivity index (χ0n) is 15.3. The fraction of sp³-hybridized carbons (Fsp3) is 0.100. The molecule has 0 saturated carbocycles. The number of carbonyl (C=O) groups excluding carboxylic acids is 2. The summed E-state index contributed by atoms with van der Waals surface area (Å²) >= 11 is 5.83. The maximum absolute atomic E-state index is 12.7. The van der Waals surface area contributed by atoms with E-state index in [-0.39, 0.29) is 17.9 Å². The first-order chi connectivity index (χ1) is 13.9. The molecule has 0 spiro atoms. The Morgan fingerprint density at radius 2 is 1.72 bits per heavy atom. The minimum Gasteiger partial charge on any atom is -0.462 e. The minimum absolute atomic E-state index is 0.253. The molecule has 29 heavy (non-hydrogen) atoms. The first-order valence-corrected chi connectivity index (χ1v) is 8.97. The van der Waals surface area contributed by atoms with Gasteiger partial charge in [-0.05, 0) is 55.5 Å². The van der Waals surface area contributed by atoms with Gasteiger partial charge < -0.3 is 15.0 Å². The molecule has 2 N–H and O–H groups in total. The molecule has 1 heterocycles. The molecule has 0 aliphatic heterocycles. The Balaban J connectivity index is 1.87. The molecule has 9 heteroatoms. The summed E-state index contributed by atoms with van der Waals surface area (Å²) in [6, 6.07) is 12.0. The molecule has 1 aromatic heterocycles. The van der Waals surface area contributed by atoms with Crippen molar-refractivity contribution in [1.29, 1.82) is 0 Å². The first-order valence-electron chi connectivity index (χ1n) is 8.60. The van der Waals surface area contributed by atoms with Gasteiger partial charge in [0.1, 0.15) is 5.56 Å². The van der Waals surface area contributed by atoms with Gasteiger partial charge in [0, 0.05) is 16.9 Å². The summed E-state index contributed by atoms with van der Waals surface area (Å²) in [5, 5.41) is 3.00. The average Bonchev–Trinajstić information content (AvgIpc) is 2.70. The molecule has 0 saturated heterocycles. The van der Waals surface area contributed by atoms with E-state index in [1.165, 1.54) is 48.5 Å². The highest BCUT2D eigenvalue weighted by molar-refractivity contribution is 6.30. The fourth-order valence-electron chi connectivity index (χ4n) is 2.56. The zero-order chi connectivity index (χ0) is 21.0. The molecule has 0 aliphatic rings. The molecule has 0 radical (unpaired) electrons. The normalized spacial score (nSPS) is 10.4. The molecular weight excluding hydrogens is 398 g/mol. The molecule has 1 amide bonds. The van der Waals surface area contributed by atoms with E-state index < -0.39 is 23.1 Å². The summed E-state index contributed by atoms with van der Waals surface area (Å²) in [5.74, 6) is -1.19. The van der Waals surface area contributed by atoms with E-state index in [0.717, 1.165) is 10.8 Å². The van der Waals surface area contributed by atoms with Crippen molar-refractivity contribution >= 4 is 29.2 Å². The van der Waals surface area contributed by atoms with Crippen molar-refractivity contribution in [3.8, 4) is 5.69 Å². The van der Waals surface area contributed by atoms with Crippen molar-refractivity contribution in [2.24, 2.45) is 0 Å². The second kappa shape index (κ2) is 8.57. The standard InChI is InChI=1S/C20H16ClN3O5/c1-2-29-19(27)12-3-7-14(8-4-12)23-17(25)16-11-22-20(28)24(18(16)26)15-9-5-13(21)6-10-15/h3-11H,2H2,1H3,(H,22,28)(H,23,25). The summed E-state index contributed by atoms with van der Waals surface area (Å²) in [6.45, 7) is 1.96. The number of aromatic nitrogens is 2. The number of hydrogen-bond acceptors (Lipinski definition) is 5. The van der Waals surface area contributed by atoms with Crippen LogP contribution in [0.25, 0.3) is 5.69 Å². The Kier molecular flexibility index (Phi) is 5.94. The van der Waals surface area contributed by atoms with E-state index >= 15 is 0 Å². The second-order valence-corrected chi connectivity index (χ2v) is 6.31. The number of hydrogen-bond donors (Lipinski definition) is 2. The number of esters is 1. The average molecular weight is 414 g/mol. The molecule has 0 atom stereocenters. The van der Waals surface area contributed by atoms with Crippen LogP contribution in [-0.4, -0.2) is 28.0 Å². The van der Waals surface area contributed by atoms with Crippen molar-refractivity contribution in [2.45, 2.75) is 6.92 Å². The van der Waals surface area contributed by atoms with E-state index in [4.69, 9.17) is 16.3 Å². The van der Waals surface area contributed by atoms with Gasteiger partial charge in [0.25, 0.3) is 11.5 Å². The number of nitrogens with zero attached hydrogens (tertiary/aromatic N) is 1. The number of nitrogens with one attached hydrogen (secondary N) is 2. The van der Waals surface area contributed by atoms with E-state index in [1.54, 1.807) is 6.92 Å². The second-order valence-electron chi connectivity index (χ2n) is 5.88. The monoisotopic (exact) mass is 413 g/mol. The zero-order valence-corrected chi connectivity index (χ0v) is 16.0. The third kappa shape index (κ3) is 4.44. The van der Waals surface area contributed by atoms with Crippen molar-refractivity contribution in [3.63, 3.8) is 0 Å². The Hall–Kier alpha value is -3.65. The number of amides is 1. The molecular formula is C20H16ClN3O5. The van der Waals surface area contributed by atoms with Gasteiger partial charge in [-0.2, -0.15) is 0 Å². The lowest BCUT2D eigenvalue weighted by Gasteiger charge is -2.09. The van der Waals surface area contributed by atoms with Crippen molar-refractivity contribution < 1.29 is 14.3 Å². The van der Waals surface area contributed by atoms with E-state index in [2.05, 4.69) is 10.3 Å². The van der Waals surface area contributed by atoms with Gasteiger partial charge in [0.05, 0.1) is 17.9 Å². The van der Waals surface area contributed by atoms with Crippen LogP contribution in [-0.2, 0) is 4.74 Å². The number of H-pyrrole nitrogens is 1. The molecule has 0 unspecified atom stereocenters. The summed E-state index contributed by atoms with van der Waals surface area (Å²) in [6.07, 6.45) is 1.05. The quantitative estimate of drug-likeness (QED) is 0.625. The SMILES string of the molecule is CCOC(=O)c1ccc(NC(=O)c2c[nH]c(=O)n(-c3ccc(Cl)cc3)c2=O)cc1. The van der Waals surface area contributed by atoms with Gasteiger partial charge >= 0.3 is 11.7 Å². The predicted molar refractivity (Wildman–Crippen MR) is 108 cm³/mol. The van der Waals surface area contributed by atoms with Crippen LogP contribution >= 0.6 is 11.6 Å². The largest absolute Gasteiger partial charge is 0.462 e. The Morgan fingerprint density at radius 1 is 1.07 bits per heavy atom. The van der Waals surface area contributed by atoms with Crippen LogP contribution in [0.1, 0.15) is 27.6 Å². The van der Waals surface area contributed by atoms with Crippen LogP contribution in [0, 0.1) is 0 Å². The van der Waals surface area contributed by atoms with Crippen molar-refractivity contribution in [1.82, 2.24) is 9.55 Å². The fourth-order valence-corrected chi connectivity index (χ4v) is 2.69. The third-order valence-electron chi connectivity index (χ3n) is 3.96. The maximum Gasteiger partial charge on any atom is 0.338 e. The van der Waals surface area contributed by atoms with Crippen LogP contribution in [0.5, 0.6) is 0 Å². The molecule has 0 fully saturated rings. The highest BCUT2D eigenvalue weighted by Gasteiger charge is 2.16. The third-order valence-corrected chi connectivity index (χ3v) is 4.21. The molecule has 3 aromatic rings. The highest BCUT2D eigenvalue weighted by Crippen LogP contribution is 2.13. The molecule has 0 bridgehead atoms. The van der Waals surface area contributed by atoms with Gasteiger partial charge in [0.15, 0.2) is 0 Å². The van der Waals surface area contributed by atoms with Gasteiger partial charge in [-0.25, -0.2) is 14.2 Å². The number of halogens is 1. The van der Waals surface area contributed by atoms with E-state index in [1.807, 2.05) is 0 Å². The number of benzene rings is 2. The Bertz CT molecular complexity index is 1160. The van der Waals surface area contributed by atoms with Gasteiger partial charge in [-0.15, -0.1) is 0 Å². The van der Waals surface area contributed by atoms with Crippen LogP contribution in [0.3, 0.4) is 0 Å². The summed E-state index contributed by atoms with van der Waals surface area (Å²) in [4.78, 5) is 51.4. The molecule has 148 valence electrons. The Morgan fingerprint density at radius 3 is 2.34 bits per heavy atom. The molecule has 2 aromatic carbocycles. The maximum atomic E-state index is 12.7. The van der Waals surface area contributed by atoms with Crippen LogP contribution in [0.4, 0.5) is 5.69 Å². The predicted octanol–water partition coefficient (Wildman–Crippen LogP) is 2.61. The number of aromatic amines is 1. The Labute approximate surface area is 169 Å². The van der Waals surface area contributed by atoms with Crippen LogP contribution in [0.15, 0.2) is 64.3 Å². The summed E-state index contributed by atoms with van der Waals surface area (Å²) < 4.78 is 5.74. The van der Waals surface area contributed by atoms with Crippen LogP contribution < -0.4 is 16.6 Å². The van der Waals surface area contributed by atoms with Crippen molar-refractivity contribution in [2.75, 3.05) is 11.9 Å². The smallest absolute Gasteiger partial charge is 0.338 e. The lowest BCUT2D eigenvalue weighted by atomic mass is 10.2. The number of rotatable bonds is 5. The first kappa shape index (κ1) is 20.1. The molecule has 3 rings (SSSR count). The van der Waals surface area contributed by atoms with E-state index in [9.17, 15) is 19.2 Å².